The van der Waals surface area contributed by atoms with Crippen LogP contribution < -0.4 is 15.9 Å². The number of hydrogen-bond acceptors (Lipinski definition) is 2. The van der Waals surface area contributed by atoms with Gasteiger partial charge in [0, 0.05) is 0 Å². The Hall–Kier alpha value is -2.74. The first-order valence-corrected chi connectivity index (χ1v) is 11.2. The van der Waals surface area contributed by atoms with Crippen molar-refractivity contribution in [2.45, 2.75) is 5.92 Å². The zero-order valence-corrected chi connectivity index (χ0v) is 19.8. The summed E-state index contributed by atoms with van der Waals surface area (Å²) in [4.78, 5) is 12.6. The second-order valence-corrected chi connectivity index (χ2v) is 9.18. The van der Waals surface area contributed by atoms with Crippen molar-refractivity contribution in [1.82, 2.24) is 0 Å². The van der Waals surface area contributed by atoms with Crippen LogP contribution in [0.5, 0.6) is 0 Å². The van der Waals surface area contributed by atoms with Crippen molar-refractivity contribution in [2.75, 3.05) is 7.11 Å². The maximum atomic E-state index is 12.6. The van der Waals surface area contributed by atoms with Crippen molar-refractivity contribution < 1.29 is 9.53 Å². The molecule has 0 aliphatic heterocycles. The van der Waals surface area contributed by atoms with Crippen LogP contribution in [0.25, 0.3) is 0 Å². The van der Waals surface area contributed by atoms with Crippen LogP contribution in [0.2, 0.25) is 0 Å². The molecule has 4 rings (SSSR count). The van der Waals surface area contributed by atoms with E-state index in [1.807, 2.05) is 42.5 Å². The van der Waals surface area contributed by atoms with Crippen LogP contribution in [0.15, 0.2) is 115 Å². The standard InChI is InChI=1S/C27H23O2P.BrH/c1-29-27(28)26(21-11-5-2-6-12-21)22-17-19-25(20-18-22)30(23-13-7-3-8-14-23)24-15-9-4-10-16-24;/h2-20,26H,1H3;1H. The van der Waals surface area contributed by atoms with Gasteiger partial charge >= 0.3 is 5.97 Å². The topological polar surface area (TPSA) is 26.3 Å². The summed E-state index contributed by atoms with van der Waals surface area (Å²) >= 11 is 0. The van der Waals surface area contributed by atoms with Gasteiger partial charge in [0.1, 0.15) is 5.92 Å². The summed E-state index contributed by atoms with van der Waals surface area (Å²) in [6.07, 6.45) is 0. The highest BCUT2D eigenvalue weighted by Gasteiger charge is 2.24. The molecule has 2 nitrogen and oxygen atoms in total. The predicted octanol–water partition coefficient (Wildman–Crippen LogP) is 5.33. The Morgan fingerprint density at radius 3 is 1.45 bits per heavy atom. The molecular weight excluding hydrogens is 467 g/mol. The summed E-state index contributed by atoms with van der Waals surface area (Å²) in [5, 5.41) is 3.86. The third kappa shape index (κ3) is 5.31. The molecule has 0 bridgehead atoms. The van der Waals surface area contributed by atoms with E-state index in [9.17, 15) is 4.79 Å². The van der Waals surface area contributed by atoms with E-state index in [0.717, 1.165) is 11.1 Å². The minimum Gasteiger partial charge on any atom is -0.468 e. The second kappa shape index (κ2) is 11.0. The Kier molecular flexibility index (Phi) is 8.17. The zero-order valence-electron chi connectivity index (χ0n) is 17.2. The molecule has 4 aromatic carbocycles. The van der Waals surface area contributed by atoms with Gasteiger partial charge in [0.15, 0.2) is 0 Å². The average Bonchev–Trinajstić information content (AvgIpc) is 2.82. The molecule has 0 aliphatic rings. The van der Waals surface area contributed by atoms with Crippen LogP contribution in [0.4, 0.5) is 0 Å². The number of halogens is 1. The summed E-state index contributed by atoms with van der Waals surface area (Å²) in [6, 6.07) is 39.4. The molecule has 0 radical (unpaired) electrons. The Morgan fingerprint density at radius 1 is 0.613 bits per heavy atom. The molecule has 0 spiro atoms. The molecule has 0 amide bonds. The second-order valence-electron chi connectivity index (χ2n) is 6.96. The molecule has 0 N–H and O–H groups in total. The molecule has 0 saturated carbocycles. The molecule has 1 atom stereocenters. The summed E-state index contributed by atoms with van der Waals surface area (Å²) in [7, 11) is 0.774. The van der Waals surface area contributed by atoms with Crippen molar-refractivity contribution in [3.8, 4) is 0 Å². The lowest BCUT2D eigenvalue weighted by Gasteiger charge is -2.21. The van der Waals surface area contributed by atoms with Crippen LogP contribution in [0.3, 0.4) is 0 Å². The molecular formula is C27H24BrO2P. The van der Waals surface area contributed by atoms with E-state index in [-0.39, 0.29) is 23.0 Å². The van der Waals surface area contributed by atoms with E-state index in [1.54, 1.807) is 0 Å². The van der Waals surface area contributed by atoms with Gasteiger partial charge in [0.05, 0.1) is 7.11 Å². The molecule has 0 saturated heterocycles. The van der Waals surface area contributed by atoms with Crippen molar-refractivity contribution in [3.63, 3.8) is 0 Å². The van der Waals surface area contributed by atoms with Crippen LogP contribution in [-0.2, 0) is 9.53 Å². The van der Waals surface area contributed by atoms with Crippen molar-refractivity contribution in [1.29, 1.82) is 0 Å². The van der Waals surface area contributed by atoms with E-state index in [4.69, 9.17) is 4.74 Å². The van der Waals surface area contributed by atoms with Gasteiger partial charge in [-0.1, -0.05) is 115 Å². The van der Waals surface area contributed by atoms with Gasteiger partial charge in [-0.15, -0.1) is 17.0 Å². The smallest absolute Gasteiger partial charge is 0.317 e. The first-order chi connectivity index (χ1) is 14.8. The highest BCUT2D eigenvalue weighted by molar-refractivity contribution is 8.93. The van der Waals surface area contributed by atoms with Crippen molar-refractivity contribution in [3.05, 3.63) is 126 Å². The third-order valence-corrected chi connectivity index (χ3v) is 7.53. The van der Waals surface area contributed by atoms with Gasteiger partial charge in [-0.05, 0) is 35.0 Å². The number of ether oxygens (including phenoxy) is 1. The fraction of sp³-hybridized carbons (Fsp3) is 0.0741. The molecule has 1 unspecified atom stereocenters. The fourth-order valence-corrected chi connectivity index (χ4v) is 5.93. The SMILES string of the molecule is Br.COC(=O)C(c1ccccc1)c1ccc(P(c2ccccc2)c2ccccc2)cc1. The summed E-state index contributed by atoms with van der Waals surface area (Å²) in [5.41, 5.74) is 1.87. The monoisotopic (exact) mass is 490 g/mol. The highest BCUT2D eigenvalue weighted by Crippen LogP contribution is 2.34. The van der Waals surface area contributed by atoms with Crippen LogP contribution >= 0.6 is 24.9 Å². The first-order valence-electron chi connectivity index (χ1n) is 9.91. The minimum absolute atomic E-state index is 0. The van der Waals surface area contributed by atoms with Gasteiger partial charge in [-0.3, -0.25) is 4.79 Å². The lowest BCUT2D eigenvalue weighted by Crippen LogP contribution is -2.21. The highest BCUT2D eigenvalue weighted by atomic mass is 79.9. The first kappa shape index (κ1) is 22.9. The van der Waals surface area contributed by atoms with Gasteiger partial charge in [0.25, 0.3) is 0 Å². The van der Waals surface area contributed by atoms with Crippen molar-refractivity contribution in [2.24, 2.45) is 0 Å². The quantitative estimate of drug-likeness (QED) is 0.269. The summed E-state index contributed by atoms with van der Waals surface area (Å²) in [5.74, 6) is -0.674. The lowest BCUT2D eigenvalue weighted by atomic mass is 9.91. The number of methoxy groups -OCH3 is 1. The van der Waals surface area contributed by atoms with Crippen molar-refractivity contribution >= 4 is 46.8 Å². The van der Waals surface area contributed by atoms with Gasteiger partial charge in [-0.2, -0.15) is 0 Å². The van der Waals surface area contributed by atoms with E-state index in [0.29, 0.717) is 0 Å². The van der Waals surface area contributed by atoms with Crippen LogP contribution in [0, 0.1) is 0 Å². The molecule has 0 fully saturated rings. The summed E-state index contributed by atoms with van der Waals surface area (Å²) < 4.78 is 5.10. The van der Waals surface area contributed by atoms with E-state index in [2.05, 4.69) is 72.8 Å². The number of carbonyl (C=O) groups is 1. The maximum absolute atomic E-state index is 12.6. The normalized spacial score (nSPS) is 11.4. The Labute approximate surface area is 195 Å². The lowest BCUT2D eigenvalue weighted by molar-refractivity contribution is -0.141. The molecule has 0 aliphatic carbocycles. The Balaban J connectivity index is 0.00000272. The largest absolute Gasteiger partial charge is 0.468 e. The third-order valence-electron chi connectivity index (χ3n) is 5.08. The number of hydrogen-bond donors (Lipinski definition) is 0. The van der Waals surface area contributed by atoms with E-state index >= 15 is 0 Å². The number of rotatable bonds is 6. The van der Waals surface area contributed by atoms with Gasteiger partial charge in [-0.25, -0.2) is 0 Å². The number of carbonyl (C=O) groups excluding carboxylic acids is 1. The molecule has 156 valence electrons. The maximum Gasteiger partial charge on any atom is 0.317 e. The van der Waals surface area contributed by atoms with Gasteiger partial charge in [0.2, 0.25) is 0 Å². The van der Waals surface area contributed by atoms with Crippen LogP contribution in [-0.4, -0.2) is 13.1 Å². The number of benzene rings is 4. The predicted molar refractivity (Wildman–Crippen MR) is 136 cm³/mol. The molecule has 4 aromatic rings. The van der Waals surface area contributed by atoms with E-state index < -0.39 is 13.8 Å². The Bertz CT molecular complexity index is 1040. The zero-order chi connectivity index (χ0) is 20.8. The summed E-state index contributed by atoms with van der Waals surface area (Å²) in [6.45, 7) is 0. The molecule has 31 heavy (non-hydrogen) atoms. The Morgan fingerprint density at radius 2 is 1.00 bits per heavy atom. The molecule has 4 heteroatoms. The molecule has 0 aromatic heterocycles. The molecule has 0 heterocycles. The fourth-order valence-electron chi connectivity index (χ4n) is 3.65. The minimum atomic E-state index is -0.667. The average molecular weight is 491 g/mol. The number of esters is 1. The van der Waals surface area contributed by atoms with E-state index in [1.165, 1.54) is 23.0 Å². The van der Waals surface area contributed by atoms with Gasteiger partial charge < -0.3 is 4.74 Å². The van der Waals surface area contributed by atoms with Crippen LogP contribution in [0.1, 0.15) is 17.0 Å².